The Morgan fingerprint density at radius 3 is 2.83 bits per heavy atom. The zero-order valence-corrected chi connectivity index (χ0v) is 11.1. The maximum Gasteiger partial charge on any atom is 0.255 e. The molecular formula is C10H13ClN6O. The fourth-order valence-electron chi connectivity index (χ4n) is 1.47. The second-order valence-corrected chi connectivity index (χ2v) is 4.44. The smallest absolute Gasteiger partial charge is 0.255 e. The van der Waals surface area contributed by atoms with E-state index in [1.165, 1.54) is 15.7 Å². The number of fused-ring (bicyclic) bond motifs is 1. The van der Waals surface area contributed by atoms with Crippen molar-refractivity contribution in [1.29, 1.82) is 0 Å². The minimum atomic E-state index is -0.0151. The van der Waals surface area contributed by atoms with E-state index in [0.29, 0.717) is 16.7 Å². The lowest BCUT2D eigenvalue weighted by atomic mass is 10.4. The summed E-state index contributed by atoms with van der Waals surface area (Å²) in [6.45, 7) is 0.225. The first-order valence-electron chi connectivity index (χ1n) is 5.26. The van der Waals surface area contributed by atoms with E-state index in [2.05, 4.69) is 15.1 Å². The van der Waals surface area contributed by atoms with E-state index in [-0.39, 0.29) is 12.5 Å². The molecule has 2 aromatic heterocycles. The first kappa shape index (κ1) is 12.6. The number of likely N-dealkylation sites (N-methyl/N-ethyl adjacent to an activating group) is 2. The molecule has 8 heteroatoms. The van der Waals surface area contributed by atoms with Crippen LogP contribution in [0, 0.1) is 0 Å². The van der Waals surface area contributed by atoms with Gasteiger partial charge in [-0.1, -0.05) is 11.6 Å². The second kappa shape index (κ2) is 4.77. The summed E-state index contributed by atoms with van der Waals surface area (Å²) in [6.07, 6.45) is 1.39. The standard InChI is InChI=1S/C10H13ClN6O/c1-15(2)9(18)5-16(3)8-4-7(11)14-10-12-6-13-17(8)10/h4,6H,5H2,1-3H3. The first-order valence-corrected chi connectivity index (χ1v) is 5.64. The lowest BCUT2D eigenvalue weighted by Crippen LogP contribution is -2.35. The highest BCUT2D eigenvalue weighted by Gasteiger charge is 2.14. The molecule has 7 nitrogen and oxygen atoms in total. The highest BCUT2D eigenvalue weighted by molar-refractivity contribution is 6.29. The van der Waals surface area contributed by atoms with Crippen molar-refractivity contribution in [2.24, 2.45) is 0 Å². The first-order chi connectivity index (χ1) is 8.49. The molecular weight excluding hydrogens is 256 g/mol. The van der Waals surface area contributed by atoms with Gasteiger partial charge in [-0.15, -0.1) is 0 Å². The third-order valence-electron chi connectivity index (χ3n) is 2.46. The lowest BCUT2D eigenvalue weighted by Gasteiger charge is -2.21. The van der Waals surface area contributed by atoms with Gasteiger partial charge in [0.25, 0.3) is 5.78 Å². The Balaban J connectivity index is 2.35. The molecule has 2 aromatic rings. The SMILES string of the molecule is CN(C)C(=O)CN(C)c1cc(Cl)nc2ncnn12. The maximum absolute atomic E-state index is 11.7. The van der Waals surface area contributed by atoms with Gasteiger partial charge in [-0.3, -0.25) is 4.79 Å². The predicted octanol–water partition coefficient (Wildman–Crippen LogP) is 0.302. The summed E-state index contributed by atoms with van der Waals surface area (Å²) in [6, 6.07) is 1.65. The van der Waals surface area contributed by atoms with Crippen LogP contribution in [0.15, 0.2) is 12.4 Å². The van der Waals surface area contributed by atoms with Gasteiger partial charge in [0.2, 0.25) is 5.91 Å². The highest BCUT2D eigenvalue weighted by atomic mass is 35.5. The zero-order chi connectivity index (χ0) is 13.3. The molecule has 0 radical (unpaired) electrons. The minimum Gasteiger partial charge on any atom is -0.350 e. The predicted molar refractivity (Wildman–Crippen MR) is 67.8 cm³/mol. The van der Waals surface area contributed by atoms with Crippen molar-refractivity contribution in [2.75, 3.05) is 32.6 Å². The van der Waals surface area contributed by atoms with Crippen LogP contribution in [0.2, 0.25) is 5.15 Å². The Morgan fingerprint density at radius 1 is 1.44 bits per heavy atom. The third kappa shape index (κ3) is 2.35. The van der Waals surface area contributed by atoms with Crippen molar-refractivity contribution in [3.8, 4) is 0 Å². The van der Waals surface area contributed by atoms with Gasteiger partial charge >= 0.3 is 0 Å². The molecule has 0 aliphatic carbocycles. The van der Waals surface area contributed by atoms with Crippen LogP contribution in [0.25, 0.3) is 5.78 Å². The molecule has 0 N–H and O–H groups in total. The number of carbonyl (C=O) groups is 1. The molecule has 2 rings (SSSR count). The maximum atomic E-state index is 11.7. The summed E-state index contributed by atoms with van der Waals surface area (Å²) in [5.74, 6) is 1.05. The van der Waals surface area contributed by atoms with Gasteiger partial charge < -0.3 is 9.80 Å². The molecule has 0 aliphatic rings. The summed E-state index contributed by atoms with van der Waals surface area (Å²) in [5.41, 5.74) is 0. The molecule has 1 amide bonds. The summed E-state index contributed by atoms with van der Waals surface area (Å²) >= 11 is 5.91. The van der Waals surface area contributed by atoms with Crippen LogP contribution in [-0.4, -0.2) is 58.1 Å². The third-order valence-corrected chi connectivity index (χ3v) is 2.66. The quantitative estimate of drug-likeness (QED) is 0.749. The van der Waals surface area contributed by atoms with Crippen molar-refractivity contribution in [3.63, 3.8) is 0 Å². The van der Waals surface area contributed by atoms with E-state index in [1.807, 2.05) is 0 Å². The minimum absolute atomic E-state index is 0.0151. The van der Waals surface area contributed by atoms with Gasteiger partial charge in [-0.2, -0.15) is 19.6 Å². The molecule has 0 atom stereocenters. The molecule has 0 spiro atoms. The highest BCUT2D eigenvalue weighted by Crippen LogP contribution is 2.17. The average Bonchev–Trinajstić information content (AvgIpc) is 2.75. The van der Waals surface area contributed by atoms with Gasteiger partial charge in [-0.05, 0) is 0 Å². The van der Waals surface area contributed by atoms with E-state index in [1.54, 1.807) is 32.1 Å². The van der Waals surface area contributed by atoms with E-state index < -0.39 is 0 Å². The van der Waals surface area contributed by atoms with E-state index >= 15 is 0 Å². The average molecular weight is 269 g/mol. The number of hydrogen-bond donors (Lipinski definition) is 0. The fourth-order valence-corrected chi connectivity index (χ4v) is 1.64. The molecule has 0 unspecified atom stereocenters. The number of anilines is 1. The molecule has 0 fully saturated rings. The van der Waals surface area contributed by atoms with Crippen LogP contribution in [0.5, 0.6) is 0 Å². The van der Waals surface area contributed by atoms with Crippen molar-refractivity contribution in [2.45, 2.75) is 0 Å². The summed E-state index contributed by atoms with van der Waals surface area (Å²) in [5, 5.41) is 4.37. The van der Waals surface area contributed by atoms with Crippen molar-refractivity contribution in [1.82, 2.24) is 24.5 Å². The zero-order valence-electron chi connectivity index (χ0n) is 10.3. The van der Waals surface area contributed by atoms with E-state index in [9.17, 15) is 4.79 Å². The summed E-state index contributed by atoms with van der Waals surface area (Å²) in [7, 11) is 5.20. The molecule has 18 heavy (non-hydrogen) atoms. The van der Waals surface area contributed by atoms with Crippen LogP contribution in [0.4, 0.5) is 5.82 Å². The van der Waals surface area contributed by atoms with E-state index in [4.69, 9.17) is 11.6 Å². The molecule has 0 aliphatic heterocycles. The summed E-state index contributed by atoms with van der Waals surface area (Å²) < 4.78 is 1.54. The van der Waals surface area contributed by atoms with Crippen molar-refractivity contribution in [3.05, 3.63) is 17.5 Å². The van der Waals surface area contributed by atoms with Crippen molar-refractivity contribution < 1.29 is 4.79 Å². The Kier molecular flexibility index (Phi) is 3.33. The Labute approximate surface area is 109 Å². The van der Waals surface area contributed by atoms with Gasteiger partial charge in [-0.25, -0.2) is 0 Å². The largest absolute Gasteiger partial charge is 0.350 e. The Hall–Kier alpha value is -1.89. The molecule has 0 saturated carbocycles. The lowest BCUT2D eigenvalue weighted by molar-refractivity contribution is -0.127. The second-order valence-electron chi connectivity index (χ2n) is 4.05. The topological polar surface area (TPSA) is 66.6 Å². The molecule has 96 valence electrons. The van der Waals surface area contributed by atoms with Gasteiger partial charge in [0.05, 0.1) is 6.54 Å². The van der Waals surface area contributed by atoms with Crippen LogP contribution < -0.4 is 4.90 Å². The number of halogens is 1. The molecule has 2 heterocycles. The number of amides is 1. The summed E-state index contributed by atoms with van der Waals surface area (Å²) in [4.78, 5) is 22.9. The normalized spacial score (nSPS) is 10.7. The van der Waals surface area contributed by atoms with Gasteiger partial charge in [0.15, 0.2) is 0 Å². The van der Waals surface area contributed by atoms with Crippen LogP contribution in [-0.2, 0) is 4.79 Å². The Morgan fingerprint density at radius 2 is 2.17 bits per heavy atom. The van der Waals surface area contributed by atoms with Gasteiger partial charge in [0.1, 0.15) is 17.3 Å². The van der Waals surface area contributed by atoms with Crippen LogP contribution in [0.3, 0.4) is 0 Å². The number of hydrogen-bond acceptors (Lipinski definition) is 5. The molecule has 0 aromatic carbocycles. The fraction of sp³-hybridized carbons (Fsp3) is 0.400. The van der Waals surface area contributed by atoms with Gasteiger partial charge in [0, 0.05) is 27.2 Å². The van der Waals surface area contributed by atoms with Crippen LogP contribution >= 0.6 is 11.6 Å². The number of rotatable bonds is 3. The van der Waals surface area contributed by atoms with Crippen LogP contribution in [0.1, 0.15) is 0 Å². The molecule has 0 bridgehead atoms. The number of carbonyl (C=O) groups excluding carboxylic acids is 1. The number of aromatic nitrogens is 4. The monoisotopic (exact) mass is 268 g/mol. The van der Waals surface area contributed by atoms with E-state index in [0.717, 1.165) is 0 Å². The van der Waals surface area contributed by atoms with Crippen molar-refractivity contribution >= 4 is 29.1 Å². The number of nitrogens with zero attached hydrogens (tertiary/aromatic N) is 6. The Bertz CT molecular complexity index is 581. The molecule has 0 saturated heterocycles.